The van der Waals surface area contributed by atoms with Crippen LogP contribution in [0.15, 0.2) is 18.2 Å². The van der Waals surface area contributed by atoms with Crippen LogP contribution in [-0.2, 0) is 9.59 Å². The Balaban J connectivity index is 2.42. The Morgan fingerprint density at radius 2 is 1.92 bits per heavy atom. The number of likely N-dealkylation sites (tertiary alicyclic amines) is 1. The minimum atomic E-state index is -1.05. The van der Waals surface area contributed by atoms with E-state index in [1.165, 1.54) is 19.1 Å². The quantitative estimate of drug-likeness (QED) is 0.834. The SMILES string of the molecule is COc1cccc([C@@H]2CN(C(=O)C(C)(C)N)C[C@H]2C(=O)O)c1OC. The lowest BCUT2D eigenvalue weighted by atomic mass is 9.88. The molecule has 0 spiro atoms. The molecule has 2 atom stereocenters. The van der Waals surface area contributed by atoms with Crippen molar-refractivity contribution in [1.82, 2.24) is 4.90 Å². The number of hydrogen-bond donors (Lipinski definition) is 2. The Labute approximate surface area is 141 Å². The van der Waals surface area contributed by atoms with Gasteiger partial charge >= 0.3 is 5.97 Å². The second-order valence-electron chi connectivity index (χ2n) is 6.57. The van der Waals surface area contributed by atoms with Crippen molar-refractivity contribution in [3.05, 3.63) is 23.8 Å². The fraction of sp³-hybridized carbons (Fsp3) is 0.529. The molecule has 132 valence electrons. The van der Waals surface area contributed by atoms with Gasteiger partial charge in [0.1, 0.15) is 0 Å². The first-order chi connectivity index (χ1) is 11.2. The van der Waals surface area contributed by atoms with Gasteiger partial charge in [0.15, 0.2) is 11.5 Å². The molecule has 0 saturated carbocycles. The number of nitrogens with zero attached hydrogens (tertiary/aromatic N) is 1. The Kier molecular flexibility index (Phi) is 5.03. The number of carbonyl (C=O) groups is 2. The molecule has 0 unspecified atom stereocenters. The normalized spacial score (nSPS) is 20.8. The number of aliphatic carboxylic acids is 1. The number of rotatable bonds is 5. The molecule has 1 heterocycles. The van der Waals surface area contributed by atoms with Crippen LogP contribution in [0.3, 0.4) is 0 Å². The Morgan fingerprint density at radius 1 is 1.25 bits per heavy atom. The van der Waals surface area contributed by atoms with Crippen molar-refractivity contribution in [2.24, 2.45) is 11.7 Å². The molecule has 1 fully saturated rings. The number of amides is 1. The first-order valence-corrected chi connectivity index (χ1v) is 7.72. The lowest BCUT2D eigenvalue weighted by molar-refractivity contribution is -0.142. The van der Waals surface area contributed by atoms with E-state index < -0.39 is 17.4 Å². The first kappa shape index (κ1) is 18.1. The smallest absolute Gasteiger partial charge is 0.308 e. The van der Waals surface area contributed by atoms with Gasteiger partial charge in [-0.1, -0.05) is 12.1 Å². The second kappa shape index (κ2) is 6.68. The van der Waals surface area contributed by atoms with Crippen LogP contribution in [0.2, 0.25) is 0 Å². The van der Waals surface area contributed by atoms with E-state index >= 15 is 0 Å². The summed E-state index contributed by atoms with van der Waals surface area (Å²) in [5.74, 6) is -1.30. The summed E-state index contributed by atoms with van der Waals surface area (Å²) in [4.78, 5) is 25.7. The standard InChI is InChI=1S/C17H24N2O5/c1-17(2,18)16(22)19-8-11(12(9-19)15(20)21)10-6-5-7-13(23-3)14(10)24-4/h5-7,11-12H,8-9,18H2,1-4H3,(H,20,21)/t11-,12+/m0/s1. The maximum absolute atomic E-state index is 12.4. The van der Waals surface area contributed by atoms with E-state index in [-0.39, 0.29) is 24.9 Å². The number of benzene rings is 1. The first-order valence-electron chi connectivity index (χ1n) is 7.72. The van der Waals surface area contributed by atoms with Crippen molar-refractivity contribution in [3.63, 3.8) is 0 Å². The van der Waals surface area contributed by atoms with Crippen LogP contribution in [0.5, 0.6) is 11.5 Å². The highest BCUT2D eigenvalue weighted by Crippen LogP contribution is 2.42. The molecule has 24 heavy (non-hydrogen) atoms. The molecule has 0 aromatic heterocycles. The van der Waals surface area contributed by atoms with Crippen LogP contribution >= 0.6 is 0 Å². The van der Waals surface area contributed by atoms with Crippen LogP contribution < -0.4 is 15.2 Å². The van der Waals surface area contributed by atoms with Crippen LogP contribution in [0, 0.1) is 5.92 Å². The van der Waals surface area contributed by atoms with Crippen molar-refractivity contribution in [2.75, 3.05) is 27.3 Å². The summed E-state index contributed by atoms with van der Waals surface area (Å²) >= 11 is 0. The predicted octanol–water partition coefficient (Wildman–Crippen LogP) is 1.07. The minimum Gasteiger partial charge on any atom is -0.493 e. The minimum absolute atomic E-state index is 0.125. The zero-order valence-corrected chi connectivity index (χ0v) is 14.4. The molecule has 7 nitrogen and oxygen atoms in total. The number of methoxy groups -OCH3 is 2. The summed E-state index contributed by atoms with van der Waals surface area (Å²) in [7, 11) is 3.04. The second-order valence-corrected chi connectivity index (χ2v) is 6.57. The van der Waals surface area contributed by atoms with Gasteiger partial charge in [-0.3, -0.25) is 9.59 Å². The summed E-state index contributed by atoms with van der Waals surface area (Å²) in [6.07, 6.45) is 0. The van der Waals surface area contributed by atoms with Gasteiger partial charge in [-0.25, -0.2) is 0 Å². The van der Waals surface area contributed by atoms with E-state index in [1.54, 1.807) is 26.0 Å². The number of ether oxygens (including phenoxy) is 2. The van der Waals surface area contributed by atoms with Crippen molar-refractivity contribution in [1.29, 1.82) is 0 Å². The lowest BCUT2D eigenvalue weighted by Crippen LogP contribution is -2.50. The van der Waals surface area contributed by atoms with Crippen molar-refractivity contribution >= 4 is 11.9 Å². The van der Waals surface area contributed by atoms with Crippen molar-refractivity contribution < 1.29 is 24.2 Å². The number of nitrogens with two attached hydrogens (primary N) is 1. The largest absolute Gasteiger partial charge is 0.493 e. The highest BCUT2D eigenvalue weighted by molar-refractivity contribution is 5.86. The molecule has 0 bridgehead atoms. The van der Waals surface area contributed by atoms with Gasteiger partial charge < -0.3 is 25.2 Å². The summed E-state index contributed by atoms with van der Waals surface area (Å²) in [5, 5.41) is 9.60. The van der Waals surface area contributed by atoms with Crippen LogP contribution in [0.4, 0.5) is 0 Å². The molecule has 1 amide bonds. The summed E-state index contributed by atoms with van der Waals surface area (Å²) in [5.41, 5.74) is 5.55. The number of para-hydroxylation sites is 1. The molecular weight excluding hydrogens is 312 g/mol. The van der Waals surface area contributed by atoms with Gasteiger partial charge in [0.2, 0.25) is 5.91 Å². The predicted molar refractivity (Wildman–Crippen MR) is 88.3 cm³/mol. The van der Waals surface area contributed by atoms with Gasteiger partial charge in [0, 0.05) is 24.6 Å². The fourth-order valence-corrected chi connectivity index (χ4v) is 3.15. The van der Waals surface area contributed by atoms with Crippen molar-refractivity contribution in [3.8, 4) is 11.5 Å². The number of carbonyl (C=O) groups excluding carboxylic acids is 1. The average Bonchev–Trinajstić information content (AvgIpc) is 2.97. The molecule has 1 aromatic carbocycles. The fourth-order valence-electron chi connectivity index (χ4n) is 3.15. The highest BCUT2D eigenvalue weighted by atomic mass is 16.5. The van der Waals surface area contributed by atoms with Gasteiger partial charge in [-0.15, -0.1) is 0 Å². The van der Waals surface area contributed by atoms with E-state index in [1.807, 2.05) is 6.07 Å². The van der Waals surface area contributed by atoms with E-state index in [0.29, 0.717) is 11.5 Å². The maximum Gasteiger partial charge on any atom is 0.308 e. The summed E-state index contributed by atoms with van der Waals surface area (Å²) < 4.78 is 10.7. The lowest BCUT2D eigenvalue weighted by Gasteiger charge is -2.25. The van der Waals surface area contributed by atoms with E-state index in [0.717, 1.165) is 5.56 Å². The molecule has 7 heteroatoms. The third-order valence-electron chi connectivity index (χ3n) is 4.31. The third kappa shape index (κ3) is 3.31. The van der Waals surface area contributed by atoms with Gasteiger partial charge in [-0.05, 0) is 19.9 Å². The molecule has 1 aliphatic rings. The van der Waals surface area contributed by atoms with Gasteiger partial charge in [-0.2, -0.15) is 0 Å². The van der Waals surface area contributed by atoms with E-state index in [9.17, 15) is 14.7 Å². The van der Waals surface area contributed by atoms with Gasteiger partial charge in [0.25, 0.3) is 0 Å². The summed E-state index contributed by atoms with van der Waals surface area (Å²) in [6.45, 7) is 3.63. The average molecular weight is 336 g/mol. The molecule has 2 rings (SSSR count). The van der Waals surface area contributed by atoms with Crippen LogP contribution in [-0.4, -0.2) is 54.7 Å². The molecule has 0 radical (unpaired) electrons. The highest BCUT2D eigenvalue weighted by Gasteiger charge is 2.44. The Morgan fingerprint density at radius 3 is 2.42 bits per heavy atom. The maximum atomic E-state index is 12.4. The van der Waals surface area contributed by atoms with Gasteiger partial charge in [0.05, 0.1) is 25.7 Å². The van der Waals surface area contributed by atoms with Crippen molar-refractivity contribution in [2.45, 2.75) is 25.3 Å². The molecular formula is C17H24N2O5. The number of carboxylic acid groups (broad SMARTS) is 1. The molecule has 0 aliphatic carbocycles. The zero-order chi connectivity index (χ0) is 18.1. The number of carboxylic acids is 1. The molecule has 3 N–H and O–H groups in total. The topological polar surface area (TPSA) is 102 Å². The molecule has 1 aromatic rings. The Bertz CT molecular complexity index is 638. The third-order valence-corrected chi connectivity index (χ3v) is 4.31. The summed E-state index contributed by atoms with van der Waals surface area (Å²) in [6, 6.07) is 5.34. The molecule has 1 saturated heterocycles. The Hall–Kier alpha value is -2.28. The van der Waals surface area contributed by atoms with E-state index in [2.05, 4.69) is 0 Å². The molecule has 1 aliphatic heterocycles. The van der Waals surface area contributed by atoms with Crippen LogP contribution in [0.1, 0.15) is 25.3 Å². The van der Waals surface area contributed by atoms with E-state index in [4.69, 9.17) is 15.2 Å². The van der Waals surface area contributed by atoms with Crippen LogP contribution in [0.25, 0.3) is 0 Å². The number of hydrogen-bond acceptors (Lipinski definition) is 5. The monoisotopic (exact) mass is 336 g/mol. The zero-order valence-electron chi connectivity index (χ0n) is 14.4.